The molecule has 0 aliphatic heterocycles. The van der Waals surface area contributed by atoms with E-state index in [0.29, 0.717) is 15.8 Å². The van der Waals surface area contributed by atoms with Crippen LogP contribution in [0.15, 0.2) is 30.5 Å². The van der Waals surface area contributed by atoms with Crippen molar-refractivity contribution in [3.63, 3.8) is 0 Å². The van der Waals surface area contributed by atoms with Gasteiger partial charge in [-0.3, -0.25) is 4.68 Å². The van der Waals surface area contributed by atoms with Crippen LogP contribution in [0.25, 0.3) is 0 Å². The zero-order chi connectivity index (χ0) is 15.4. The summed E-state index contributed by atoms with van der Waals surface area (Å²) in [6.45, 7) is 4.77. The number of aromatic nitrogens is 2. The van der Waals surface area contributed by atoms with Crippen LogP contribution in [0.2, 0.25) is 10.0 Å². The van der Waals surface area contributed by atoms with E-state index in [9.17, 15) is 0 Å². The summed E-state index contributed by atoms with van der Waals surface area (Å²) >= 11 is 12.2. The van der Waals surface area contributed by atoms with E-state index in [1.54, 1.807) is 18.3 Å². The Hall–Kier alpha value is -1.23. The Kier molecular flexibility index (Phi) is 5.51. The summed E-state index contributed by atoms with van der Waals surface area (Å²) in [5, 5.41) is 5.45. The standard InChI is InChI=1S/C15H19Cl2N3O/c1-3-7-20-15(13(17)9-19-20)14(18)10(2)21-12-6-4-5-11(16)8-12/h4-6,8-10,14H,3,7,18H2,1-2H3. The molecule has 2 N–H and O–H groups in total. The van der Waals surface area contributed by atoms with Crippen LogP contribution in [0.3, 0.4) is 0 Å². The van der Waals surface area contributed by atoms with Gasteiger partial charge >= 0.3 is 0 Å². The number of nitrogens with two attached hydrogens (primary N) is 1. The second-order valence-electron chi connectivity index (χ2n) is 4.91. The number of ether oxygens (including phenoxy) is 1. The molecule has 0 spiro atoms. The lowest BCUT2D eigenvalue weighted by Crippen LogP contribution is -2.31. The van der Waals surface area contributed by atoms with Crippen molar-refractivity contribution in [2.75, 3.05) is 0 Å². The molecule has 2 unspecified atom stereocenters. The lowest BCUT2D eigenvalue weighted by Gasteiger charge is -2.23. The highest BCUT2D eigenvalue weighted by Crippen LogP contribution is 2.27. The molecule has 0 amide bonds. The smallest absolute Gasteiger partial charge is 0.121 e. The van der Waals surface area contributed by atoms with Gasteiger partial charge in [0, 0.05) is 11.6 Å². The van der Waals surface area contributed by atoms with Crippen LogP contribution in [0.4, 0.5) is 0 Å². The largest absolute Gasteiger partial charge is 0.489 e. The minimum absolute atomic E-state index is 0.256. The molecule has 0 bridgehead atoms. The summed E-state index contributed by atoms with van der Waals surface area (Å²) < 4.78 is 7.70. The van der Waals surface area contributed by atoms with Crippen LogP contribution >= 0.6 is 23.2 Å². The molecule has 0 saturated heterocycles. The molecule has 1 heterocycles. The molecule has 4 nitrogen and oxygen atoms in total. The van der Waals surface area contributed by atoms with Crippen LogP contribution in [-0.2, 0) is 6.54 Å². The maximum Gasteiger partial charge on any atom is 0.121 e. The topological polar surface area (TPSA) is 53.1 Å². The van der Waals surface area contributed by atoms with Gasteiger partial charge in [-0.15, -0.1) is 0 Å². The van der Waals surface area contributed by atoms with Crippen molar-refractivity contribution in [2.24, 2.45) is 5.73 Å². The molecule has 0 fully saturated rings. The van der Waals surface area contributed by atoms with Crippen LogP contribution in [0.1, 0.15) is 32.0 Å². The normalized spacial score (nSPS) is 14.0. The fourth-order valence-electron chi connectivity index (χ4n) is 2.14. The summed E-state index contributed by atoms with van der Waals surface area (Å²) in [5.74, 6) is 0.683. The molecule has 0 radical (unpaired) electrons. The molecule has 21 heavy (non-hydrogen) atoms. The average molecular weight is 328 g/mol. The van der Waals surface area contributed by atoms with E-state index in [1.165, 1.54) is 0 Å². The fourth-order valence-corrected chi connectivity index (χ4v) is 2.59. The summed E-state index contributed by atoms with van der Waals surface area (Å²) in [6, 6.07) is 6.87. The summed E-state index contributed by atoms with van der Waals surface area (Å²) in [5.41, 5.74) is 7.10. The van der Waals surface area contributed by atoms with Gasteiger partial charge in [-0.2, -0.15) is 5.10 Å². The average Bonchev–Trinajstić information content (AvgIpc) is 2.79. The molecule has 6 heteroatoms. The first-order valence-electron chi connectivity index (χ1n) is 6.92. The first kappa shape index (κ1) is 16.1. The van der Waals surface area contributed by atoms with Crippen LogP contribution in [-0.4, -0.2) is 15.9 Å². The van der Waals surface area contributed by atoms with Gasteiger partial charge in [-0.1, -0.05) is 36.2 Å². The number of nitrogens with zero attached hydrogens (tertiary/aromatic N) is 2. The Bertz CT molecular complexity index is 600. The van der Waals surface area contributed by atoms with Crippen molar-refractivity contribution in [1.29, 1.82) is 0 Å². The van der Waals surface area contributed by atoms with E-state index in [0.717, 1.165) is 18.7 Å². The third-order valence-corrected chi connectivity index (χ3v) is 3.73. The van der Waals surface area contributed by atoms with Gasteiger partial charge in [-0.25, -0.2) is 0 Å². The maximum atomic E-state index is 6.30. The van der Waals surface area contributed by atoms with Crippen molar-refractivity contribution >= 4 is 23.2 Å². The fraction of sp³-hybridized carbons (Fsp3) is 0.400. The monoisotopic (exact) mass is 327 g/mol. The van der Waals surface area contributed by atoms with E-state index >= 15 is 0 Å². The van der Waals surface area contributed by atoms with Crippen LogP contribution in [0.5, 0.6) is 5.75 Å². The lowest BCUT2D eigenvalue weighted by molar-refractivity contribution is 0.185. The number of hydrogen-bond acceptors (Lipinski definition) is 3. The third kappa shape index (κ3) is 3.90. The highest BCUT2D eigenvalue weighted by molar-refractivity contribution is 6.31. The van der Waals surface area contributed by atoms with Gasteiger partial charge in [0.05, 0.1) is 23.0 Å². The zero-order valence-electron chi connectivity index (χ0n) is 12.1. The molecule has 0 aliphatic carbocycles. The number of hydrogen-bond donors (Lipinski definition) is 1. The molecule has 0 aliphatic rings. The van der Waals surface area contributed by atoms with E-state index in [2.05, 4.69) is 12.0 Å². The first-order valence-corrected chi connectivity index (χ1v) is 7.67. The van der Waals surface area contributed by atoms with Crippen molar-refractivity contribution in [3.8, 4) is 5.75 Å². The van der Waals surface area contributed by atoms with Gasteiger partial charge in [0.1, 0.15) is 11.9 Å². The van der Waals surface area contributed by atoms with Gasteiger partial charge in [0.15, 0.2) is 0 Å². The second-order valence-corrected chi connectivity index (χ2v) is 5.75. The Morgan fingerprint density at radius 2 is 2.14 bits per heavy atom. The number of halogens is 2. The molecular weight excluding hydrogens is 309 g/mol. The predicted octanol–water partition coefficient (Wildman–Crippen LogP) is 4.07. The molecule has 2 atom stereocenters. The maximum absolute atomic E-state index is 6.30. The molecule has 0 saturated carbocycles. The van der Waals surface area contributed by atoms with E-state index in [4.69, 9.17) is 33.7 Å². The van der Waals surface area contributed by atoms with E-state index in [1.807, 2.05) is 23.7 Å². The van der Waals surface area contributed by atoms with Crippen molar-refractivity contribution < 1.29 is 4.74 Å². The number of benzene rings is 1. The lowest BCUT2D eigenvalue weighted by atomic mass is 10.1. The molecule has 2 aromatic rings. The Morgan fingerprint density at radius 1 is 1.38 bits per heavy atom. The van der Waals surface area contributed by atoms with Crippen molar-refractivity contribution in [2.45, 2.75) is 39.0 Å². The Morgan fingerprint density at radius 3 is 2.81 bits per heavy atom. The quantitative estimate of drug-likeness (QED) is 0.870. The highest BCUT2D eigenvalue weighted by atomic mass is 35.5. The SMILES string of the molecule is CCCn1ncc(Cl)c1C(N)C(C)Oc1cccc(Cl)c1. The van der Waals surface area contributed by atoms with Gasteiger partial charge in [-0.05, 0) is 31.5 Å². The summed E-state index contributed by atoms with van der Waals surface area (Å²) in [7, 11) is 0. The summed E-state index contributed by atoms with van der Waals surface area (Å²) in [6.07, 6.45) is 2.33. The zero-order valence-corrected chi connectivity index (χ0v) is 13.6. The highest BCUT2D eigenvalue weighted by Gasteiger charge is 2.23. The minimum Gasteiger partial charge on any atom is -0.489 e. The third-order valence-electron chi connectivity index (χ3n) is 3.21. The molecule has 114 valence electrons. The predicted molar refractivity (Wildman–Crippen MR) is 86.0 cm³/mol. The number of rotatable bonds is 6. The van der Waals surface area contributed by atoms with E-state index < -0.39 is 0 Å². The Balaban J connectivity index is 2.15. The molecule has 1 aromatic carbocycles. The molecule has 2 rings (SSSR count). The Labute approximate surface area is 134 Å². The van der Waals surface area contributed by atoms with Crippen molar-refractivity contribution in [3.05, 3.63) is 46.2 Å². The molecular formula is C15H19Cl2N3O. The van der Waals surface area contributed by atoms with Gasteiger partial charge < -0.3 is 10.5 Å². The number of aryl methyl sites for hydroxylation is 1. The van der Waals surface area contributed by atoms with E-state index in [-0.39, 0.29) is 12.1 Å². The van der Waals surface area contributed by atoms with Gasteiger partial charge in [0.25, 0.3) is 0 Å². The van der Waals surface area contributed by atoms with Crippen LogP contribution in [0, 0.1) is 0 Å². The minimum atomic E-state index is -0.370. The van der Waals surface area contributed by atoms with Gasteiger partial charge in [0.2, 0.25) is 0 Å². The first-order chi connectivity index (χ1) is 10.0. The second kappa shape index (κ2) is 7.16. The summed E-state index contributed by atoms with van der Waals surface area (Å²) in [4.78, 5) is 0. The van der Waals surface area contributed by atoms with Crippen LogP contribution < -0.4 is 10.5 Å². The van der Waals surface area contributed by atoms with Crippen molar-refractivity contribution in [1.82, 2.24) is 9.78 Å². The molecule has 1 aromatic heterocycles.